The molecule has 15 heavy (non-hydrogen) atoms. The first-order chi connectivity index (χ1) is 7.31. The Labute approximate surface area is 92.1 Å². The van der Waals surface area contributed by atoms with Crippen molar-refractivity contribution in [3.63, 3.8) is 0 Å². The Balaban J connectivity index is 2.85. The second kappa shape index (κ2) is 6.07. The number of aryl methyl sites for hydroxylation is 1. The van der Waals surface area contributed by atoms with Crippen LogP contribution in [0.15, 0.2) is 36.9 Å². The van der Waals surface area contributed by atoms with Crippen molar-refractivity contribution in [1.29, 1.82) is 0 Å². The van der Waals surface area contributed by atoms with Crippen LogP contribution in [-0.4, -0.2) is 7.11 Å². The van der Waals surface area contributed by atoms with Gasteiger partial charge in [0.15, 0.2) is 0 Å². The smallest absolute Gasteiger partial charge is 0.119 e. The predicted molar refractivity (Wildman–Crippen MR) is 66.2 cm³/mol. The second-order valence-electron chi connectivity index (χ2n) is 3.38. The van der Waals surface area contributed by atoms with E-state index in [9.17, 15) is 0 Å². The van der Waals surface area contributed by atoms with Gasteiger partial charge in [-0.25, -0.2) is 0 Å². The van der Waals surface area contributed by atoms with Gasteiger partial charge in [0.1, 0.15) is 5.75 Å². The zero-order chi connectivity index (χ0) is 11.1. The van der Waals surface area contributed by atoms with E-state index < -0.39 is 0 Å². The number of benzene rings is 1. The van der Waals surface area contributed by atoms with Crippen LogP contribution in [0.25, 0.3) is 6.08 Å². The molecule has 0 fully saturated rings. The van der Waals surface area contributed by atoms with E-state index in [1.807, 2.05) is 19.1 Å². The summed E-state index contributed by atoms with van der Waals surface area (Å²) in [5, 5.41) is 0. The molecule has 0 amide bonds. The average Bonchev–Trinajstić information content (AvgIpc) is 2.29. The molecule has 1 nitrogen and oxygen atoms in total. The van der Waals surface area contributed by atoms with E-state index in [2.05, 4.69) is 30.9 Å². The molecule has 0 heterocycles. The molecular weight excluding hydrogens is 184 g/mol. The molecular formula is C14H18O. The maximum Gasteiger partial charge on any atom is 0.119 e. The number of hydrogen-bond donors (Lipinski definition) is 0. The van der Waals surface area contributed by atoms with Crippen molar-refractivity contribution in [3.05, 3.63) is 48.1 Å². The summed E-state index contributed by atoms with van der Waals surface area (Å²) >= 11 is 0. The van der Waals surface area contributed by atoms with Crippen molar-refractivity contribution in [2.75, 3.05) is 7.11 Å². The van der Waals surface area contributed by atoms with Crippen LogP contribution >= 0.6 is 0 Å². The van der Waals surface area contributed by atoms with Crippen molar-refractivity contribution in [2.45, 2.75) is 19.8 Å². The normalized spacial score (nSPS) is 10.5. The lowest BCUT2D eigenvalue weighted by molar-refractivity contribution is 0.414. The zero-order valence-electron chi connectivity index (χ0n) is 9.49. The molecule has 0 unspecified atom stereocenters. The largest absolute Gasteiger partial charge is 0.497 e. The molecule has 1 aromatic carbocycles. The Bertz CT molecular complexity index is 350. The lowest BCUT2D eigenvalue weighted by Crippen LogP contribution is -1.91. The number of methoxy groups -OCH3 is 1. The van der Waals surface area contributed by atoms with Gasteiger partial charge in [-0.15, -0.1) is 0 Å². The first-order valence-corrected chi connectivity index (χ1v) is 5.22. The van der Waals surface area contributed by atoms with Gasteiger partial charge in [-0.1, -0.05) is 30.9 Å². The fraction of sp³-hybridized carbons (Fsp3) is 0.286. The Morgan fingerprint density at radius 2 is 2.20 bits per heavy atom. The molecule has 0 aromatic heterocycles. The minimum atomic E-state index is 0.913. The van der Waals surface area contributed by atoms with Gasteiger partial charge >= 0.3 is 0 Å². The van der Waals surface area contributed by atoms with Crippen LogP contribution in [0.3, 0.4) is 0 Å². The first-order valence-electron chi connectivity index (χ1n) is 5.22. The summed E-state index contributed by atoms with van der Waals surface area (Å²) in [5.41, 5.74) is 2.49. The molecule has 0 radical (unpaired) electrons. The highest BCUT2D eigenvalue weighted by atomic mass is 16.5. The highest BCUT2D eigenvalue weighted by Gasteiger charge is 2.00. The van der Waals surface area contributed by atoms with E-state index in [0.29, 0.717) is 0 Å². The molecule has 0 bridgehead atoms. The van der Waals surface area contributed by atoms with E-state index in [1.54, 1.807) is 7.11 Å². The molecule has 1 rings (SSSR count). The minimum Gasteiger partial charge on any atom is -0.497 e. The summed E-state index contributed by atoms with van der Waals surface area (Å²) in [4.78, 5) is 0. The molecule has 0 saturated carbocycles. The quantitative estimate of drug-likeness (QED) is 0.659. The third-order valence-electron chi connectivity index (χ3n) is 2.39. The van der Waals surface area contributed by atoms with Gasteiger partial charge in [-0.3, -0.25) is 0 Å². The fourth-order valence-electron chi connectivity index (χ4n) is 1.53. The number of ether oxygens (including phenoxy) is 1. The average molecular weight is 202 g/mol. The maximum absolute atomic E-state index is 5.21. The molecule has 0 atom stereocenters. The van der Waals surface area contributed by atoms with Gasteiger partial charge in [-0.2, -0.15) is 0 Å². The van der Waals surface area contributed by atoms with E-state index in [-0.39, 0.29) is 0 Å². The van der Waals surface area contributed by atoms with E-state index in [4.69, 9.17) is 4.74 Å². The molecule has 0 saturated heterocycles. The van der Waals surface area contributed by atoms with Crippen LogP contribution in [0, 0.1) is 0 Å². The van der Waals surface area contributed by atoms with Gasteiger partial charge in [-0.05, 0) is 43.0 Å². The summed E-state index contributed by atoms with van der Waals surface area (Å²) in [7, 11) is 1.69. The van der Waals surface area contributed by atoms with Gasteiger partial charge in [0, 0.05) is 0 Å². The maximum atomic E-state index is 5.21. The third kappa shape index (κ3) is 3.28. The minimum absolute atomic E-state index is 0.913. The summed E-state index contributed by atoms with van der Waals surface area (Å²) in [5.74, 6) is 0.913. The van der Waals surface area contributed by atoms with Crippen molar-refractivity contribution in [3.8, 4) is 5.75 Å². The third-order valence-corrected chi connectivity index (χ3v) is 2.39. The highest BCUT2D eigenvalue weighted by molar-refractivity contribution is 5.54. The summed E-state index contributed by atoms with van der Waals surface area (Å²) in [6, 6.07) is 6.10. The summed E-state index contributed by atoms with van der Waals surface area (Å²) in [6.07, 6.45) is 8.23. The standard InChI is InChI=1S/C14H18O/c1-4-6-7-8-13-11-14(15-3)10-9-12(13)5-2/h4-6,9-11H,2,7-8H2,1,3H3/b6-4+. The second-order valence-corrected chi connectivity index (χ2v) is 3.38. The van der Waals surface area contributed by atoms with Crippen LogP contribution in [-0.2, 0) is 6.42 Å². The van der Waals surface area contributed by atoms with Crippen LogP contribution in [0.2, 0.25) is 0 Å². The summed E-state index contributed by atoms with van der Waals surface area (Å²) in [6.45, 7) is 5.86. The van der Waals surface area contributed by atoms with E-state index >= 15 is 0 Å². The van der Waals surface area contributed by atoms with Crippen LogP contribution < -0.4 is 4.74 Å². The van der Waals surface area contributed by atoms with Crippen molar-refractivity contribution in [1.82, 2.24) is 0 Å². The summed E-state index contributed by atoms with van der Waals surface area (Å²) < 4.78 is 5.21. The van der Waals surface area contributed by atoms with E-state index in [1.165, 1.54) is 11.1 Å². The van der Waals surface area contributed by atoms with Gasteiger partial charge in [0.2, 0.25) is 0 Å². The SMILES string of the molecule is C=Cc1ccc(OC)cc1CC/C=C/C. The molecule has 1 aromatic rings. The molecule has 0 aliphatic heterocycles. The Hall–Kier alpha value is -1.50. The molecule has 1 heteroatoms. The molecule has 80 valence electrons. The zero-order valence-corrected chi connectivity index (χ0v) is 9.49. The van der Waals surface area contributed by atoms with E-state index in [0.717, 1.165) is 18.6 Å². The monoisotopic (exact) mass is 202 g/mol. The van der Waals surface area contributed by atoms with Gasteiger partial charge in [0.05, 0.1) is 7.11 Å². The van der Waals surface area contributed by atoms with Crippen molar-refractivity contribution >= 4 is 6.08 Å². The van der Waals surface area contributed by atoms with Gasteiger partial charge in [0.25, 0.3) is 0 Å². The molecule has 0 aliphatic carbocycles. The van der Waals surface area contributed by atoms with Crippen molar-refractivity contribution in [2.24, 2.45) is 0 Å². The predicted octanol–water partition coefficient (Wildman–Crippen LogP) is 3.85. The van der Waals surface area contributed by atoms with Crippen LogP contribution in [0.4, 0.5) is 0 Å². The number of hydrogen-bond acceptors (Lipinski definition) is 1. The highest BCUT2D eigenvalue weighted by Crippen LogP contribution is 2.20. The number of allylic oxidation sites excluding steroid dienone is 2. The van der Waals surface area contributed by atoms with Crippen LogP contribution in [0.1, 0.15) is 24.5 Å². The number of rotatable bonds is 5. The Kier molecular flexibility index (Phi) is 4.69. The Morgan fingerprint density at radius 3 is 2.80 bits per heavy atom. The molecule has 0 spiro atoms. The topological polar surface area (TPSA) is 9.23 Å². The lowest BCUT2D eigenvalue weighted by Gasteiger charge is -2.07. The van der Waals surface area contributed by atoms with Crippen LogP contribution in [0.5, 0.6) is 5.75 Å². The van der Waals surface area contributed by atoms with Crippen molar-refractivity contribution < 1.29 is 4.74 Å². The van der Waals surface area contributed by atoms with Gasteiger partial charge < -0.3 is 4.74 Å². The molecule has 0 N–H and O–H groups in total. The first kappa shape index (κ1) is 11.6. The molecule has 0 aliphatic rings. The fourth-order valence-corrected chi connectivity index (χ4v) is 1.53. The Morgan fingerprint density at radius 1 is 1.40 bits per heavy atom. The lowest BCUT2D eigenvalue weighted by atomic mass is 10.0.